The Balaban J connectivity index is 2.50. The van der Waals surface area contributed by atoms with Crippen LogP contribution in [-0.4, -0.2) is 43.1 Å². The average Bonchev–Trinajstić information content (AvgIpc) is 2.46. The third kappa shape index (κ3) is 6.47. The van der Waals surface area contributed by atoms with Gasteiger partial charge in [0, 0.05) is 25.8 Å². The van der Waals surface area contributed by atoms with E-state index < -0.39 is 0 Å². The van der Waals surface area contributed by atoms with E-state index in [1.807, 2.05) is 6.20 Å². The van der Waals surface area contributed by atoms with Crippen LogP contribution in [0.25, 0.3) is 0 Å². The third-order valence-electron chi connectivity index (χ3n) is 3.98. The Morgan fingerprint density at radius 2 is 1.76 bits per heavy atom. The Morgan fingerprint density at radius 1 is 1.05 bits per heavy atom. The van der Waals surface area contributed by atoms with Crippen molar-refractivity contribution in [1.82, 2.24) is 9.88 Å². The standard InChI is InChI=1S/C18H33N3/c1-7-21(13-12-20(6)11-10-15(2)3)18-9-8-17(14-19-18)16(4)5/h8-9,14-16H,7,10-13H2,1-6H3. The fourth-order valence-corrected chi connectivity index (χ4v) is 2.24. The van der Waals surface area contributed by atoms with Crippen LogP contribution in [0, 0.1) is 5.92 Å². The molecule has 0 saturated carbocycles. The van der Waals surface area contributed by atoms with Crippen molar-refractivity contribution in [3.05, 3.63) is 23.9 Å². The van der Waals surface area contributed by atoms with E-state index in [0.717, 1.165) is 31.4 Å². The highest BCUT2D eigenvalue weighted by Gasteiger charge is 2.08. The summed E-state index contributed by atoms with van der Waals surface area (Å²) in [7, 11) is 2.21. The first-order valence-corrected chi connectivity index (χ1v) is 8.33. The van der Waals surface area contributed by atoms with Crippen LogP contribution < -0.4 is 4.90 Å². The first-order chi connectivity index (χ1) is 9.93. The zero-order chi connectivity index (χ0) is 15.8. The smallest absolute Gasteiger partial charge is 0.128 e. The van der Waals surface area contributed by atoms with Crippen molar-refractivity contribution in [1.29, 1.82) is 0 Å². The van der Waals surface area contributed by atoms with Crippen molar-refractivity contribution >= 4 is 5.82 Å². The molecular formula is C18H33N3. The number of hydrogen-bond donors (Lipinski definition) is 0. The maximum absolute atomic E-state index is 4.63. The van der Waals surface area contributed by atoms with E-state index >= 15 is 0 Å². The predicted molar refractivity (Wildman–Crippen MR) is 93.2 cm³/mol. The van der Waals surface area contributed by atoms with Gasteiger partial charge in [0.1, 0.15) is 5.82 Å². The molecule has 0 aliphatic rings. The van der Waals surface area contributed by atoms with Crippen molar-refractivity contribution < 1.29 is 0 Å². The fourth-order valence-electron chi connectivity index (χ4n) is 2.24. The van der Waals surface area contributed by atoms with Crippen molar-refractivity contribution in [2.75, 3.05) is 38.1 Å². The van der Waals surface area contributed by atoms with E-state index in [1.54, 1.807) is 0 Å². The van der Waals surface area contributed by atoms with Gasteiger partial charge in [-0.3, -0.25) is 0 Å². The Morgan fingerprint density at radius 3 is 2.24 bits per heavy atom. The molecule has 3 nitrogen and oxygen atoms in total. The Bertz CT molecular complexity index is 384. The minimum Gasteiger partial charge on any atom is -0.356 e. The van der Waals surface area contributed by atoms with Gasteiger partial charge in [0.2, 0.25) is 0 Å². The van der Waals surface area contributed by atoms with Gasteiger partial charge in [-0.15, -0.1) is 0 Å². The van der Waals surface area contributed by atoms with E-state index in [-0.39, 0.29) is 0 Å². The lowest BCUT2D eigenvalue weighted by molar-refractivity contribution is 0.315. The van der Waals surface area contributed by atoms with Crippen LogP contribution in [0.2, 0.25) is 0 Å². The number of likely N-dealkylation sites (N-methyl/N-ethyl adjacent to an activating group) is 2. The highest BCUT2D eigenvalue weighted by Crippen LogP contribution is 2.17. The topological polar surface area (TPSA) is 19.4 Å². The molecule has 0 aliphatic heterocycles. The van der Waals surface area contributed by atoms with Gasteiger partial charge in [0.15, 0.2) is 0 Å². The molecule has 1 aromatic rings. The largest absolute Gasteiger partial charge is 0.356 e. The maximum atomic E-state index is 4.63. The quantitative estimate of drug-likeness (QED) is 0.685. The molecule has 0 aromatic carbocycles. The number of anilines is 1. The van der Waals surface area contributed by atoms with E-state index in [0.29, 0.717) is 5.92 Å². The second-order valence-electron chi connectivity index (χ2n) is 6.67. The molecule has 0 fully saturated rings. The first-order valence-electron chi connectivity index (χ1n) is 8.33. The Labute approximate surface area is 131 Å². The summed E-state index contributed by atoms with van der Waals surface area (Å²) in [5.74, 6) is 2.42. The summed E-state index contributed by atoms with van der Waals surface area (Å²) in [5.41, 5.74) is 1.31. The number of pyridine rings is 1. The molecule has 0 amide bonds. The molecule has 0 saturated heterocycles. The first kappa shape index (κ1) is 18.0. The van der Waals surface area contributed by atoms with Gasteiger partial charge in [-0.25, -0.2) is 4.98 Å². The van der Waals surface area contributed by atoms with Crippen LogP contribution in [0.15, 0.2) is 18.3 Å². The zero-order valence-corrected chi connectivity index (χ0v) is 14.8. The summed E-state index contributed by atoms with van der Waals surface area (Å²) in [5, 5.41) is 0. The van der Waals surface area contributed by atoms with Crippen LogP contribution in [0.3, 0.4) is 0 Å². The van der Waals surface area contributed by atoms with Crippen molar-refractivity contribution in [2.45, 2.75) is 47.0 Å². The van der Waals surface area contributed by atoms with Gasteiger partial charge in [-0.2, -0.15) is 0 Å². The van der Waals surface area contributed by atoms with Gasteiger partial charge in [0.25, 0.3) is 0 Å². The molecule has 1 heterocycles. The summed E-state index contributed by atoms with van der Waals surface area (Å²) in [4.78, 5) is 9.41. The summed E-state index contributed by atoms with van der Waals surface area (Å²) in [6.45, 7) is 15.5. The van der Waals surface area contributed by atoms with Gasteiger partial charge in [-0.1, -0.05) is 33.8 Å². The van der Waals surface area contributed by atoms with E-state index in [4.69, 9.17) is 0 Å². The second-order valence-corrected chi connectivity index (χ2v) is 6.67. The maximum Gasteiger partial charge on any atom is 0.128 e. The molecule has 0 radical (unpaired) electrons. The highest BCUT2D eigenvalue weighted by molar-refractivity contribution is 5.39. The molecule has 1 aromatic heterocycles. The highest BCUT2D eigenvalue weighted by atomic mass is 15.2. The molecular weight excluding hydrogens is 258 g/mol. The van der Waals surface area contributed by atoms with Crippen LogP contribution in [0.5, 0.6) is 0 Å². The lowest BCUT2D eigenvalue weighted by atomic mass is 10.1. The van der Waals surface area contributed by atoms with E-state index in [2.05, 4.69) is 68.6 Å². The lowest BCUT2D eigenvalue weighted by Gasteiger charge is -2.26. The van der Waals surface area contributed by atoms with Gasteiger partial charge in [0.05, 0.1) is 0 Å². The summed E-state index contributed by atoms with van der Waals surface area (Å²) in [6, 6.07) is 4.37. The third-order valence-corrected chi connectivity index (χ3v) is 3.98. The predicted octanol–water partition coefficient (Wildman–Crippen LogP) is 4.01. The van der Waals surface area contributed by atoms with Crippen LogP contribution in [0.1, 0.15) is 52.5 Å². The Hall–Kier alpha value is -1.09. The minimum absolute atomic E-state index is 0.545. The van der Waals surface area contributed by atoms with Gasteiger partial charge < -0.3 is 9.80 Å². The lowest BCUT2D eigenvalue weighted by Crippen LogP contribution is -2.34. The van der Waals surface area contributed by atoms with Crippen molar-refractivity contribution in [3.8, 4) is 0 Å². The number of hydrogen-bond acceptors (Lipinski definition) is 3. The Kier molecular flexibility index (Phi) is 7.73. The summed E-state index contributed by atoms with van der Waals surface area (Å²) in [6.07, 6.45) is 3.29. The number of nitrogens with zero attached hydrogens (tertiary/aromatic N) is 3. The molecule has 0 N–H and O–H groups in total. The molecule has 120 valence electrons. The molecule has 0 bridgehead atoms. The number of rotatable bonds is 9. The second kappa shape index (κ2) is 9.04. The van der Waals surface area contributed by atoms with Crippen LogP contribution >= 0.6 is 0 Å². The monoisotopic (exact) mass is 291 g/mol. The van der Waals surface area contributed by atoms with E-state index in [1.165, 1.54) is 18.5 Å². The van der Waals surface area contributed by atoms with Crippen LogP contribution in [-0.2, 0) is 0 Å². The normalized spacial score (nSPS) is 11.7. The minimum atomic E-state index is 0.545. The molecule has 3 heteroatoms. The zero-order valence-electron chi connectivity index (χ0n) is 14.8. The van der Waals surface area contributed by atoms with E-state index in [9.17, 15) is 0 Å². The molecule has 0 atom stereocenters. The molecule has 21 heavy (non-hydrogen) atoms. The average molecular weight is 291 g/mol. The summed E-state index contributed by atoms with van der Waals surface area (Å²) >= 11 is 0. The van der Waals surface area contributed by atoms with Crippen molar-refractivity contribution in [3.63, 3.8) is 0 Å². The van der Waals surface area contributed by atoms with Crippen molar-refractivity contribution in [2.24, 2.45) is 5.92 Å². The van der Waals surface area contributed by atoms with Gasteiger partial charge in [-0.05, 0) is 50.4 Å². The molecule has 0 aliphatic carbocycles. The molecule has 0 spiro atoms. The van der Waals surface area contributed by atoms with Crippen LogP contribution in [0.4, 0.5) is 5.82 Å². The van der Waals surface area contributed by atoms with Gasteiger partial charge >= 0.3 is 0 Å². The number of aromatic nitrogens is 1. The SMILES string of the molecule is CCN(CCN(C)CCC(C)C)c1ccc(C(C)C)cn1. The molecule has 1 rings (SSSR count). The fraction of sp³-hybridized carbons (Fsp3) is 0.722. The molecule has 0 unspecified atom stereocenters. The summed E-state index contributed by atoms with van der Waals surface area (Å²) < 4.78 is 0.